The highest BCUT2D eigenvalue weighted by Gasteiger charge is 2.30. The van der Waals surface area contributed by atoms with E-state index in [0.29, 0.717) is 11.6 Å². The molecule has 0 fully saturated rings. The minimum Gasteiger partial charge on any atom is -0.335 e. The summed E-state index contributed by atoms with van der Waals surface area (Å²) in [5.41, 5.74) is -0.178. The summed E-state index contributed by atoms with van der Waals surface area (Å²) in [5, 5.41) is 7.55. The summed E-state index contributed by atoms with van der Waals surface area (Å²) in [7, 11) is 0. The highest BCUT2D eigenvalue weighted by atomic mass is 16.1. The first kappa shape index (κ1) is 10.7. The Morgan fingerprint density at radius 1 is 1.50 bits per heavy atom. The van der Waals surface area contributed by atoms with Crippen LogP contribution in [0.15, 0.2) is 11.1 Å². The van der Waals surface area contributed by atoms with E-state index in [-0.39, 0.29) is 11.0 Å². The van der Waals surface area contributed by atoms with Crippen molar-refractivity contribution < 1.29 is 0 Å². The van der Waals surface area contributed by atoms with Crippen LogP contribution in [0.4, 0.5) is 0 Å². The van der Waals surface area contributed by atoms with E-state index < -0.39 is 0 Å². The van der Waals surface area contributed by atoms with Crippen LogP contribution in [0.3, 0.4) is 0 Å². The van der Waals surface area contributed by atoms with E-state index in [1.165, 1.54) is 6.33 Å². The summed E-state index contributed by atoms with van der Waals surface area (Å²) in [4.78, 5) is 11.7. The number of rotatable bonds is 2. The first-order chi connectivity index (χ1) is 6.37. The molecule has 0 saturated heterocycles. The fourth-order valence-electron chi connectivity index (χ4n) is 1.03. The molecular weight excluding hydrogens is 180 g/mol. The molecule has 5 heteroatoms. The van der Waals surface area contributed by atoms with E-state index in [1.54, 1.807) is 0 Å². The van der Waals surface area contributed by atoms with Crippen molar-refractivity contribution in [1.29, 1.82) is 0 Å². The lowest BCUT2D eigenvalue weighted by molar-refractivity contribution is 0.352. The number of aromatic nitrogens is 3. The maximum Gasteiger partial charge on any atom is 0.294 e. The largest absolute Gasteiger partial charge is 0.335 e. The molecule has 0 unspecified atom stereocenters. The van der Waals surface area contributed by atoms with E-state index in [0.717, 1.165) is 4.68 Å². The van der Waals surface area contributed by atoms with Gasteiger partial charge in [0.1, 0.15) is 12.0 Å². The zero-order valence-electron chi connectivity index (χ0n) is 8.98. The first-order valence-electron chi connectivity index (χ1n) is 4.57. The van der Waals surface area contributed by atoms with Crippen molar-refractivity contribution in [2.75, 3.05) is 5.84 Å². The topological polar surface area (TPSA) is 73.8 Å². The minimum absolute atomic E-state index is 0.279. The summed E-state index contributed by atoms with van der Waals surface area (Å²) in [5.74, 6) is 5.72. The normalized spacial score (nSPS) is 12.1. The van der Waals surface area contributed by atoms with Crippen LogP contribution in [0.5, 0.6) is 0 Å². The van der Waals surface area contributed by atoms with Gasteiger partial charge in [0.25, 0.3) is 5.56 Å². The molecule has 0 amide bonds. The smallest absolute Gasteiger partial charge is 0.294 e. The standard InChI is InChI=1S/C9H16N4O/c1-6(2)9(3,4)7-8(14)13(10)5-11-12-7/h5-6H,10H2,1-4H3. The summed E-state index contributed by atoms with van der Waals surface area (Å²) in [6.07, 6.45) is 1.21. The Morgan fingerprint density at radius 2 is 2.07 bits per heavy atom. The van der Waals surface area contributed by atoms with Crippen LogP contribution < -0.4 is 11.4 Å². The number of nitrogens with two attached hydrogens (primary N) is 1. The summed E-state index contributed by atoms with van der Waals surface area (Å²) < 4.78 is 0.965. The van der Waals surface area contributed by atoms with E-state index >= 15 is 0 Å². The SMILES string of the molecule is CC(C)C(C)(C)c1nncn(N)c1=O. The molecule has 14 heavy (non-hydrogen) atoms. The predicted octanol–water partition coefficient (Wildman–Crippen LogP) is 0.286. The lowest BCUT2D eigenvalue weighted by Crippen LogP contribution is -2.39. The Hall–Kier alpha value is -1.39. The number of nitrogen functional groups attached to an aromatic ring is 1. The van der Waals surface area contributed by atoms with Gasteiger partial charge in [-0.1, -0.05) is 27.7 Å². The number of nitrogens with zero attached hydrogens (tertiary/aromatic N) is 3. The van der Waals surface area contributed by atoms with Crippen molar-refractivity contribution in [3.63, 3.8) is 0 Å². The van der Waals surface area contributed by atoms with Gasteiger partial charge in [-0.2, -0.15) is 0 Å². The quantitative estimate of drug-likeness (QED) is 0.690. The zero-order chi connectivity index (χ0) is 10.9. The Labute approximate surface area is 82.9 Å². The van der Waals surface area contributed by atoms with Gasteiger partial charge >= 0.3 is 0 Å². The molecule has 0 aliphatic rings. The van der Waals surface area contributed by atoms with Crippen LogP contribution in [0.2, 0.25) is 0 Å². The maximum atomic E-state index is 11.7. The molecular formula is C9H16N4O. The molecule has 1 aromatic rings. The van der Waals surface area contributed by atoms with Gasteiger partial charge in [-0.25, -0.2) is 4.68 Å². The van der Waals surface area contributed by atoms with E-state index in [1.807, 2.05) is 27.7 Å². The minimum atomic E-state index is -0.313. The molecule has 0 radical (unpaired) electrons. The van der Waals surface area contributed by atoms with E-state index in [4.69, 9.17) is 5.84 Å². The lowest BCUT2D eigenvalue weighted by Gasteiger charge is -2.26. The second kappa shape index (κ2) is 3.40. The average molecular weight is 196 g/mol. The van der Waals surface area contributed by atoms with Crippen molar-refractivity contribution in [3.8, 4) is 0 Å². The van der Waals surface area contributed by atoms with Crippen LogP contribution in [0, 0.1) is 5.92 Å². The zero-order valence-corrected chi connectivity index (χ0v) is 8.98. The average Bonchev–Trinajstić information content (AvgIpc) is 2.09. The Bertz CT molecular complexity index is 381. The highest BCUT2D eigenvalue weighted by molar-refractivity contribution is 5.10. The van der Waals surface area contributed by atoms with Crippen molar-refractivity contribution in [3.05, 3.63) is 22.4 Å². The molecule has 1 aromatic heterocycles. The third kappa shape index (κ3) is 1.62. The van der Waals surface area contributed by atoms with Crippen molar-refractivity contribution in [1.82, 2.24) is 14.9 Å². The van der Waals surface area contributed by atoms with Crippen LogP contribution in [0.25, 0.3) is 0 Å². The molecule has 0 aliphatic heterocycles. The summed E-state index contributed by atoms with van der Waals surface area (Å²) >= 11 is 0. The second-order valence-electron chi connectivity index (χ2n) is 4.27. The molecule has 0 aliphatic carbocycles. The predicted molar refractivity (Wildman–Crippen MR) is 54.3 cm³/mol. The van der Waals surface area contributed by atoms with Crippen LogP contribution in [0.1, 0.15) is 33.4 Å². The fourth-order valence-corrected chi connectivity index (χ4v) is 1.03. The molecule has 78 valence electrons. The van der Waals surface area contributed by atoms with Crippen LogP contribution in [-0.2, 0) is 5.41 Å². The first-order valence-corrected chi connectivity index (χ1v) is 4.57. The second-order valence-corrected chi connectivity index (χ2v) is 4.27. The Morgan fingerprint density at radius 3 is 2.57 bits per heavy atom. The van der Waals surface area contributed by atoms with Gasteiger partial charge in [0.15, 0.2) is 0 Å². The molecule has 0 atom stereocenters. The molecule has 5 nitrogen and oxygen atoms in total. The van der Waals surface area contributed by atoms with E-state index in [2.05, 4.69) is 10.2 Å². The number of hydrogen-bond acceptors (Lipinski definition) is 4. The fraction of sp³-hybridized carbons (Fsp3) is 0.667. The maximum absolute atomic E-state index is 11.7. The van der Waals surface area contributed by atoms with Crippen molar-refractivity contribution in [2.45, 2.75) is 33.1 Å². The van der Waals surface area contributed by atoms with Gasteiger partial charge in [0.05, 0.1) is 0 Å². The molecule has 0 bridgehead atoms. The van der Waals surface area contributed by atoms with Gasteiger partial charge in [-0.05, 0) is 5.92 Å². The molecule has 1 heterocycles. The van der Waals surface area contributed by atoms with Gasteiger partial charge in [0.2, 0.25) is 0 Å². The Balaban J connectivity index is 3.33. The van der Waals surface area contributed by atoms with Crippen LogP contribution >= 0.6 is 0 Å². The lowest BCUT2D eigenvalue weighted by atomic mass is 9.78. The number of hydrogen-bond donors (Lipinski definition) is 1. The molecule has 0 spiro atoms. The molecule has 1 rings (SSSR count). The molecule has 0 saturated carbocycles. The summed E-state index contributed by atoms with van der Waals surface area (Å²) in [6.45, 7) is 8.00. The van der Waals surface area contributed by atoms with Gasteiger partial charge < -0.3 is 5.84 Å². The monoisotopic (exact) mass is 196 g/mol. The highest BCUT2D eigenvalue weighted by Crippen LogP contribution is 2.26. The van der Waals surface area contributed by atoms with Gasteiger partial charge in [-0.15, -0.1) is 10.2 Å². The van der Waals surface area contributed by atoms with E-state index in [9.17, 15) is 4.79 Å². The van der Waals surface area contributed by atoms with Crippen molar-refractivity contribution >= 4 is 0 Å². The van der Waals surface area contributed by atoms with Crippen molar-refractivity contribution in [2.24, 2.45) is 5.92 Å². The van der Waals surface area contributed by atoms with Crippen LogP contribution in [-0.4, -0.2) is 14.9 Å². The Kier molecular flexibility index (Phi) is 2.59. The third-order valence-electron chi connectivity index (χ3n) is 2.82. The van der Waals surface area contributed by atoms with Gasteiger partial charge in [0, 0.05) is 5.41 Å². The summed E-state index contributed by atoms with van der Waals surface area (Å²) in [6, 6.07) is 0. The molecule has 2 N–H and O–H groups in total. The van der Waals surface area contributed by atoms with Gasteiger partial charge in [-0.3, -0.25) is 4.79 Å². The third-order valence-corrected chi connectivity index (χ3v) is 2.82. The molecule has 0 aromatic carbocycles.